The van der Waals surface area contributed by atoms with Gasteiger partial charge in [0.25, 0.3) is 5.69 Å². The summed E-state index contributed by atoms with van der Waals surface area (Å²) in [4.78, 5) is 21.6. The van der Waals surface area contributed by atoms with Gasteiger partial charge in [-0.25, -0.2) is 4.79 Å². The highest BCUT2D eigenvalue weighted by Crippen LogP contribution is 2.30. The molecule has 2 aromatic rings. The number of ether oxygens (including phenoxy) is 2. The number of benzene rings is 2. The molecule has 0 spiro atoms. The largest absolute Gasteiger partial charge is 0.444 e. The molecule has 2 aromatic carbocycles. The average Bonchev–Trinajstić information content (AvgIpc) is 2.55. The molecule has 9 heteroatoms. The van der Waals surface area contributed by atoms with E-state index in [1.807, 2.05) is 0 Å². The SMILES string of the molecule is O=C(Nc1ccc([N+](=O)[O-])cc1OC(F)F)OCc1ccccc1. The molecule has 126 valence electrons. The van der Waals surface area contributed by atoms with Gasteiger partial charge < -0.3 is 9.47 Å². The van der Waals surface area contributed by atoms with E-state index in [0.717, 1.165) is 23.8 Å². The zero-order chi connectivity index (χ0) is 17.5. The molecular weight excluding hydrogens is 326 g/mol. The van der Waals surface area contributed by atoms with Gasteiger partial charge in [0.15, 0.2) is 5.75 Å². The summed E-state index contributed by atoms with van der Waals surface area (Å²) in [5, 5.41) is 12.9. The molecule has 0 unspecified atom stereocenters. The number of hydrogen-bond donors (Lipinski definition) is 1. The van der Waals surface area contributed by atoms with E-state index in [0.29, 0.717) is 0 Å². The first kappa shape index (κ1) is 17.1. The zero-order valence-electron chi connectivity index (χ0n) is 12.1. The number of halogens is 2. The number of carbonyl (C=O) groups is 1. The third kappa shape index (κ3) is 4.90. The van der Waals surface area contributed by atoms with Gasteiger partial charge in [-0.1, -0.05) is 30.3 Å². The van der Waals surface area contributed by atoms with E-state index in [1.54, 1.807) is 30.3 Å². The molecule has 0 aliphatic rings. The van der Waals surface area contributed by atoms with E-state index in [1.165, 1.54) is 0 Å². The predicted molar refractivity (Wildman–Crippen MR) is 80.0 cm³/mol. The smallest absolute Gasteiger partial charge is 0.412 e. The summed E-state index contributed by atoms with van der Waals surface area (Å²) < 4.78 is 33.9. The number of non-ortho nitro benzene ring substituents is 1. The maximum atomic E-state index is 12.4. The average molecular weight is 338 g/mol. The molecule has 0 aliphatic heterocycles. The minimum atomic E-state index is -3.20. The number of nitro groups is 1. The van der Waals surface area contributed by atoms with Gasteiger partial charge >= 0.3 is 12.7 Å². The molecule has 0 aliphatic carbocycles. The maximum absolute atomic E-state index is 12.4. The Kier molecular flexibility index (Phi) is 5.61. The summed E-state index contributed by atoms with van der Waals surface area (Å²) >= 11 is 0. The van der Waals surface area contributed by atoms with E-state index in [9.17, 15) is 23.7 Å². The molecular formula is C15H12F2N2O5. The van der Waals surface area contributed by atoms with Crippen LogP contribution in [0.3, 0.4) is 0 Å². The topological polar surface area (TPSA) is 90.7 Å². The molecule has 0 saturated heterocycles. The van der Waals surface area contributed by atoms with Crippen molar-refractivity contribution in [2.24, 2.45) is 0 Å². The van der Waals surface area contributed by atoms with Crippen LogP contribution in [0.4, 0.5) is 25.0 Å². The number of anilines is 1. The van der Waals surface area contributed by atoms with Crippen molar-refractivity contribution in [2.45, 2.75) is 13.2 Å². The molecule has 1 N–H and O–H groups in total. The van der Waals surface area contributed by atoms with Crippen LogP contribution in [0.15, 0.2) is 48.5 Å². The second-order valence-electron chi connectivity index (χ2n) is 4.50. The minimum Gasteiger partial charge on any atom is -0.444 e. The van der Waals surface area contributed by atoms with Crippen molar-refractivity contribution in [2.75, 3.05) is 5.32 Å². The van der Waals surface area contributed by atoms with E-state index in [4.69, 9.17) is 4.74 Å². The van der Waals surface area contributed by atoms with Crippen molar-refractivity contribution >= 4 is 17.5 Å². The molecule has 0 radical (unpaired) electrons. The van der Waals surface area contributed by atoms with Crippen LogP contribution in [0.5, 0.6) is 5.75 Å². The lowest BCUT2D eigenvalue weighted by Gasteiger charge is -2.12. The van der Waals surface area contributed by atoms with Gasteiger partial charge in [0.1, 0.15) is 6.61 Å². The van der Waals surface area contributed by atoms with Gasteiger partial charge in [0, 0.05) is 6.07 Å². The van der Waals surface area contributed by atoms with Crippen molar-refractivity contribution in [3.8, 4) is 5.75 Å². The Labute approximate surface area is 135 Å². The number of nitrogens with zero attached hydrogens (tertiary/aromatic N) is 1. The first-order valence-corrected chi connectivity index (χ1v) is 6.66. The number of carbonyl (C=O) groups excluding carboxylic acids is 1. The summed E-state index contributed by atoms with van der Waals surface area (Å²) in [5.41, 5.74) is 0.119. The molecule has 0 saturated carbocycles. The highest BCUT2D eigenvalue weighted by Gasteiger charge is 2.17. The Bertz CT molecular complexity index is 725. The molecule has 1 amide bonds. The molecule has 0 bridgehead atoms. The van der Waals surface area contributed by atoms with Crippen LogP contribution in [0.1, 0.15) is 5.56 Å². The first-order valence-electron chi connectivity index (χ1n) is 6.66. The van der Waals surface area contributed by atoms with E-state index in [2.05, 4.69) is 10.1 Å². The van der Waals surface area contributed by atoms with Crippen molar-refractivity contribution in [3.05, 3.63) is 64.2 Å². The number of nitro benzene ring substituents is 1. The minimum absolute atomic E-state index is 0.0231. The maximum Gasteiger partial charge on any atom is 0.412 e. The summed E-state index contributed by atoms with van der Waals surface area (Å²) in [6.45, 7) is -3.22. The number of amides is 1. The lowest BCUT2D eigenvalue weighted by atomic mass is 10.2. The summed E-state index contributed by atoms with van der Waals surface area (Å²) in [5.74, 6) is -0.532. The summed E-state index contributed by atoms with van der Waals surface area (Å²) in [6.07, 6.45) is -0.910. The molecule has 24 heavy (non-hydrogen) atoms. The van der Waals surface area contributed by atoms with E-state index >= 15 is 0 Å². The zero-order valence-corrected chi connectivity index (χ0v) is 12.1. The van der Waals surface area contributed by atoms with Crippen molar-refractivity contribution in [1.29, 1.82) is 0 Å². The van der Waals surface area contributed by atoms with Gasteiger partial charge in [-0.15, -0.1) is 0 Å². The number of hydrogen-bond acceptors (Lipinski definition) is 5. The third-order valence-corrected chi connectivity index (χ3v) is 2.84. The van der Waals surface area contributed by atoms with Crippen molar-refractivity contribution in [3.63, 3.8) is 0 Å². The molecule has 0 fully saturated rings. The van der Waals surface area contributed by atoms with Crippen LogP contribution in [0, 0.1) is 10.1 Å². The fraction of sp³-hybridized carbons (Fsp3) is 0.133. The van der Waals surface area contributed by atoms with Crippen LogP contribution in [0.2, 0.25) is 0 Å². The highest BCUT2D eigenvalue weighted by atomic mass is 19.3. The third-order valence-electron chi connectivity index (χ3n) is 2.84. The Morgan fingerprint density at radius 3 is 2.54 bits per heavy atom. The fourth-order valence-corrected chi connectivity index (χ4v) is 1.79. The Morgan fingerprint density at radius 2 is 1.92 bits per heavy atom. The standard InChI is InChI=1S/C15H12F2N2O5/c16-14(17)24-13-8-11(19(21)22)6-7-12(13)18-15(20)23-9-10-4-2-1-3-5-10/h1-8,14H,9H2,(H,18,20). The Balaban J connectivity index is 2.07. The normalized spacial score (nSPS) is 10.3. The van der Waals surface area contributed by atoms with Crippen LogP contribution in [-0.4, -0.2) is 17.6 Å². The van der Waals surface area contributed by atoms with Crippen molar-refractivity contribution < 1.29 is 28.0 Å². The predicted octanol–water partition coefficient (Wildman–Crippen LogP) is 3.94. The number of nitrogens with one attached hydrogen (secondary N) is 1. The molecule has 7 nitrogen and oxygen atoms in total. The van der Waals surface area contributed by atoms with Gasteiger partial charge in [-0.3, -0.25) is 15.4 Å². The van der Waals surface area contributed by atoms with E-state index < -0.39 is 29.1 Å². The summed E-state index contributed by atoms with van der Waals surface area (Å²) in [7, 11) is 0. The molecule has 0 heterocycles. The van der Waals surface area contributed by atoms with Gasteiger partial charge in [0.05, 0.1) is 16.7 Å². The van der Waals surface area contributed by atoms with Crippen LogP contribution in [0.25, 0.3) is 0 Å². The van der Waals surface area contributed by atoms with Gasteiger partial charge in [-0.2, -0.15) is 8.78 Å². The van der Waals surface area contributed by atoms with Crippen molar-refractivity contribution in [1.82, 2.24) is 0 Å². The van der Waals surface area contributed by atoms with Gasteiger partial charge in [-0.05, 0) is 11.6 Å². The Morgan fingerprint density at radius 1 is 1.21 bits per heavy atom. The lowest BCUT2D eigenvalue weighted by molar-refractivity contribution is -0.385. The monoisotopic (exact) mass is 338 g/mol. The number of rotatable bonds is 6. The summed E-state index contributed by atoms with van der Waals surface area (Å²) in [6, 6.07) is 11.7. The van der Waals surface area contributed by atoms with Crippen LogP contribution in [-0.2, 0) is 11.3 Å². The highest BCUT2D eigenvalue weighted by molar-refractivity contribution is 5.87. The van der Waals surface area contributed by atoms with Gasteiger partial charge in [0.2, 0.25) is 0 Å². The van der Waals surface area contributed by atoms with E-state index in [-0.39, 0.29) is 12.3 Å². The fourth-order valence-electron chi connectivity index (χ4n) is 1.79. The van der Waals surface area contributed by atoms with Crippen LogP contribution < -0.4 is 10.1 Å². The second-order valence-corrected chi connectivity index (χ2v) is 4.50. The molecule has 2 rings (SSSR count). The van der Waals surface area contributed by atoms with Crippen LogP contribution >= 0.6 is 0 Å². The Hall–Kier alpha value is -3.23. The number of alkyl halides is 2. The molecule has 0 atom stereocenters. The lowest BCUT2D eigenvalue weighted by Crippen LogP contribution is -2.15. The molecule has 0 aromatic heterocycles. The quantitative estimate of drug-likeness (QED) is 0.636. The first-order chi connectivity index (χ1) is 11.5. The second kappa shape index (κ2) is 7.86.